The Balaban J connectivity index is 2.77. The van der Waals surface area contributed by atoms with Gasteiger partial charge in [-0.1, -0.05) is 24.3 Å². The number of hydrogen-bond donors (Lipinski definition) is 1. The van der Waals surface area contributed by atoms with E-state index in [1.54, 1.807) is 6.07 Å². The second kappa shape index (κ2) is 4.25. The maximum absolute atomic E-state index is 10.1. The zero-order chi connectivity index (χ0) is 12.6. The van der Waals surface area contributed by atoms with Crippen LogP contribution in [0, 0.1) is 27.7 Å². The molecule has 1 heteroatoms. The van der Waals surface area contributed by atoms with Crippen molar-refractivity contribution in [2.45, 2.75) is 27.7 Å². The molecule has 2 aromatic carbocycles. The normalized spacial score (nSPS) is 10.6. The highest BCUT2D eigenvalue weighted by Crippen LogP contribution is 2.36. The van der Waals surface area contributed by atoms with Gasteiger partial charge in [-0.15, -0.1) is 0 Å². The lowest BCUT2D eigenvalue weighted by Crippen LogP contribution is -1.92. The number of phenolic OH excluding ortho intramolecular Hbond substituents is 1. The van der Waals surface area contributed by atoms with Gasteiger partial charge in [-0.25, -0.2) is 0 Å². The van der Waals surface area contributed by atoms with Crippen molar-refractivity contribution in [3.05, 3.63) is 52.6 Å². The molecule has 1 N–H and O–H groups in total. The highest BCUT2D eigenvalue weighted by molar-refractivity contribution is 5.77. The predicted molar refractivity (Wildman–Crippen MR) is 72.5 cm³/mol. The minimum Gasteiger partial charge on any atom is -0.507 e. The Morgan fingerprint density at radius 1 is 0.765 bits per heavy atom. The summed E-state index contributed by atoms with van der Waals surface area (Å²) in [6, 6.07) is 9.95. The molecule has 0 aliphatic heterocycles. The van der Waals surface area contributed by atoms with Crippen LogP contribution in [0.5, 0.6) is 5.75 Å². The van der Waals surface area contributed by atoms with Crippen LogP contribution in [0.2, 0.25) is 0 Å². The molecule has 0 saturated carbocycles. The van der Waals surface area contributed by atoms with Crippen molar-refractivity contribution in [1.29, 1.82) is 0 Å². The Hall–Kier alpha value is -1.76. The molecule has 1 nitrogen and oxygen atoms in total. The summed E-state index contributed by atoms with van der Waals surface area (Å²) in [5.74, 6) is 0.363. The van der Waals surface area contributed by atoms with Crippen molar-refractivity contribution in [3.63, 3.8) is 0 Å². The Kier molecular flexibility index (Phi) is 2.93. The molecule has 0 atom stereocenters. The van der Waals surface area contributed by atoms with Crippen LogP contribution < -0.4 is 0 Å². The van der Waals surface area contributed by atoms with Crippen LogP contribution in [0.25, 0.3) is 11.1 Å². The number of hydrogen-bond acceptors (Lipinski definition) is 1. The van der Waals surface area contributed by atoms with Gasteiger partial charge in [-0.2, -0.15) is 0 Å². The van der Waals surface area contributed by atoms with E-state index in [0.717, 1.165) is 16.7 Å². The maximum atomic E-state index is 10.1. The smallest absolute Gasteiger partial charge is 0.123 e. The first-order valence-electron chi connectivity index (χ1n) is 5.88. The lowest BCUT2D eigenvalue weighted by atomic mass is 9.91. The van der Waals surface area contributed by atoms with Gasteiger partial charge in [0.2, 0.25) is 0 Å². The Labute approximate surface area is 103 Å². The predicted octanol–water partition coefficient (Wildman–Crippen LogP) is 4.29. The van der Waals surface area contributed by atoms with Crippen molar-refractivity contribution in [3.8, 4) is 16.9 Å². The molecule has 2 rings (SSSR count). The van der Waals surface area contributed by atoms with E-state index in [1.165, 1.54) is 16.7 Å². The monoisotopic (exact) mass is 226 g/mol. The molecule has 0 aliphatic rings. The standard InChI is InChI=1S/C16H18O/c1-10-6-5-7-14(12(10)3)16-13(4)11(2)8-9-15(16)17/h5-9,17H,1-4H3. The van der Waals surface area contributed by atoms with Gasteiger partial charge in [-0.3, -0.25) is 0 Å². The summed E-state index contributed by atoms with van der Waals surface area (Å²) in [6.45, 7) is 8.34. The zero-order valence-corrected chi connectivity index (χ0v) is 10.8. The number of benzene rings is 2. The average molecular weight is 226 g/mol. The van der Waals surface area contributed by atoms with E-state index >= 15 is 0 Å². The molecule has 17 heavy (non-hydrogen) atoms. The lowest BCUT2D eigenvalue weighted by molar-refractivity contribution is 0.476. The molecule has 0 saturated heterocycles. The van der Waals surface area contributed by atoms with Gasteiger partial charge >= 0.3 is 0 Å². The van der Waals surface area contributed by atoms with Gasteiger partial charge in [0.05, 0.1) is 0 Å². The van der Waals surface area contributed by atoms with E-state index in [4.69, 9.17) is 0 Å². The van der Waals surface area contributed by atoms with Gasteiger partial charge in [0, 0.05) is 5.56 Å². The molecule has 0 spiro atoms. The molecule has 0 radical (unpaired) electrons. The Bertz CT molecular complexity index is 568. The number of aromatic hydroxyl groups is 1. The van der Waals surface area contributed by atoms with E-state index in [-0.39, 0.29) is 0 Å². The quantitative estimate of drug-likeness (QED) is 0.769. The molecule has 88 valence electrons. The fourth-order valence-corrected chi connectivity index (χ4v) is 2.16. The first-order valence-corrected chi connectivity index (χ1v) is 5.88. The molecule has 0 amide bonds. The number of rotatable bonds is 1. The third-order valence-electron chi connectivity index (χ3n) is 3.59. The molecule has 0 unspecified atom stereocenters. The minimum absolute atomic E-state index is 0.363. The van der Waals surface area contributed by atoms with Gasteiger partial charge in [0.1, 0.15) is 5.75 Å². The molecule has 0 bridgehead atoms. The van der Waals surface area contributed by atoms with Crippen LogP contribution in [0.3, 0.4) is 0 Å². The zero-order valence-electron chi connectivity index (χ0n) is 10.8. The summed E-state index contributed by atoms with van der Waals surface area (Å²) in [6.07, 6.45) is 0. The molecular weight excluding hydrogens is 208 g/mol. The van der Waals surface area contributed by atoms with E-state index < -0.39 is 0 Å². The van der Waals surface area contributed by atoms with E-state index in [1.807, 2.05) is 12.1 Å². The fourth-order valence-electron chi connectivity index (χ4n) is 2.16. The second-order valence-corrected chi connectivity index (χ2v) is 4.65. The van der Waals surface area contributed by atoms with Gasteiger partial charge < -0.3 is 5.11 Å². The summed E-state index contributed by atoms with van der Waals surface area (Å²) >= 11 is 0. The van der Waals surface area contributed by atoms with Crippen molar-refractivity contribution in [2.75, 3.05) is 0 Å². The molecule has 0 fully saturated rings. The van der Waals surface area contributed by atoms with Crippen LogP contribution in [-0.4, -0.2) is 5.11 Å². The first-order chi connectivity index (χ1) is 8.02. The van der Waals surface area contributed by atoms with E-state index in [0.29, 0.717) is 5.75 Å². The Morgan fingerprint density at radius 2 is 1.41 bits per heavy atom. The first kappa shape index (κ1) is 11.7. The molecule has 2 aromatic rings. The molecular formula is C16H18O. The van der Waals surface area contributed by atoms with Crippen LogP contribution in [0.4, 0.5) is 0 Å². The van der Waals surface area contributed by atoms with Crippen LogP contribution in [-0.2, 0) is 0 Å². The SMILES string of the molecule is Cc1cccc(-c2c(O)ccc(C)c2C)c1C. The van der Waals surface area contributed by atoms with E-state index in [2.05, 4.69) is 39.8 Å². The lowest BCUT2D eigenvalue weighted by Gasteiger charge is -2.14. The highest BCUT2D eigenvalue weighted by Gasteiger charge is 2.12. The fraction of sp³-hybridized carbons (Fsp3) is 0.250. The van der Waals surface area contributed by atoms with Crippen molar-refractivity contribution < 1.29 is 5.11 Å². The summed E-state index contributed by atoms with van der Waals surface area (Å²) < 4.78 is 0. The van der Waals surface area contributed by atoms with Crippen molar-refractivity contribution >= 4 is 0 Å². The number of phenols is 1. The van der Waals surface area contributed by atoms with Crippen LogP contribution in [0.15, 0.2) is 30.3 Å². The topological polar surface area (TPSA) is 20.2 Å². The van der Waals surface area contributed by atoms with Crippen molar-refractivity contribution in [2.24, 2.45) is 0 Å². The molecule has 0 aliphatic carbocycles. The van der Waals surface area contributed by atoms with Crippen LogP contribution in [0.1, 0.15) is 22.3 Å². The third kappa shape index (κ3) is 1.93. The van der Waals surface area contributed by atoms with Gasteiger partial charge in [0.15, 0.2) is 0 Å². The summed E-state index contributed by atoms with van der Waals surface area (Å²) in [4.78, 5) is 0. The maximum Gasteiger partial charge on any atom is 0.123 e. The number of aryl methyl sites for hydroxylation is 2. The van der Waals surface area contributed by atoms with Gasteiger partial charge in [0.25, 0.3) is 0 Å². The minimum atomic E-state index is 0.363. The summed E-state index contributed by atoms with van der Waals surface area (Å²) in [5.41, 5.74) is 6.94. The molecule has 0 aromatic heterocycles. The molecule has 0 heterocycles. The Morgan fingerprint density at radius 3 is 2.12 bits per heavy atom. The van der Waals surface area contributed by atoms with Crippen LogP contribution >= 0.6 is 0 Å². The summed E-state index contributed by atoms with van der Waals surface area (Å²) in [5, 5.41) is 10.1. The summed E-state index contributed by atoms with van der Waals surface area (Å²) in [7, 11) is 0. The highest BCUT2D eigenvalue weighted by atomic mass is 16.3. The second-order valence-electron chi connectivity index (χ2n) is 4.65. The third-order valence-corrected chi connectivity index (χ3v) is 3.59. The van der Waals surface area contributed by atoms with E-state index in [9.17, 15) is 5.11 Å². The van der Waals surface area contributed by atoms with Gasteiger partial charge in [-0.05, 0) is 61.6 Å². The van der Waals surface area contributed by atoms with Crippen molar-refractivity contribution in [1.82, 2.24) is 0 Å². The largest absolute Gasteiger partial charge is 0.507 e. The average Bonchev–Trinajstić information content (AvgIpc) is 2.30.